The standard InChI is InChI=1S/C17H23ClN2O2/c1-22-16-4-2-3-15(18)14(16)10-19-17(21)9-11-7-12-5-6-13(8-11)20-12/h2-4,11-13,20H,5-10H2,1H3,(H,19,21). The van der Waals surface area contributed by atoms with Gasteiger partial charge in [0.15, 0.2) is 0 Å². The minimum atomic E-state index is 0.105. The second kappa shape index (κ2) is 6.88. The predicted molar refractivity (Wildman–Crippen MR) is 87.1 cm³/mol. The Morgan fingerprint density at radius 2 is 2.09 bits per heavy atom. The van der Waals surface area contributed by atoms with Gasteiger partial charge in [0.05, 0.1) is 7.11 Å². The van der Waals surface area contributed by atoms with Crippen LogP contribution in [0.15, 0.2) is 18.2 Å². The number of fused-ring (bicyclic) bond motifs is 2. The Kier molecular flexibility index (Phi) is 4.89. The summed E-state index contributed by atoms with van der Waals surface area (Å²) in [4.78, 5) is 12.2. The minimum Gasteiger partial charge on any atom is -0.496 e. The highest BCUT2D eigenvalue weighted by atomic mass is 35.5. The Labute approximate surface area is 136 Å². The average molecular weight is 323 g/mol. The van der Waals surface area contributed by atoms with Gasteiger partial charge in [0.2, 0.25) is 5.91 Å². The Hall–Kier alpha value is -1.26. The van der Waals surface area contributed by atoms with Crippen LogP contribution >= 0.6 is 11.6 Å². The summed E-state index contributed by atoms with van der Waals surface area (Å²) < 4.78 is 5.30. The van der Waals surface area contributed by atoms with Crippen LogP contribution in [-0.4, -0.2) is 25.1 Å². The number of rotatable bonds is 5. The maximum Gasteiger partial charge on any atom is 0.220 e. The van der Waals surface area contributed by atoms with Crippen molar-refractivity contribution in [3.05, 3.63) is 28.8 Å². The minimum absolute atomic E-state index is 0.105. The van der Waals surface area contributed by atoms with E-state index in [1.165, 1.54) is 12.8 Å². The Balaban J connectivity index is 1.52. The highest BCUT2D eigenvalue weighted by Crippen LogP contribution is 2.32. The monoisotopic (exact) mass is 322 g/mol. The topological polar surface area (TPSA) is 50.4 Å². The average Bonchev–Trinajstić information content (AvgIpc) is 2.84. The van der Waals surface area contributed by atoms with Crippen molar-refractivity contribution in [1.82, 2.24) is 10.6 Å². The number of methoxy groups -OCH3 is 1. The molecule has 1 aromatic carbocycles. The van der Waals surface area contributed by atoms with Gasteiger partial charge in [-0.1, -0.05) is 17.7 Å². The molecule has 2 heterocycles. The molecule has 2 saturated heterocycles. The van der Waals surface area contributed by atoms with Crippen molar-refractivity contribution in [2.24, 2.45) is 5.92 Å². The van der Waals surface area contributed by atoms with Gasteiger partial charge in [0, 0.05) is 35.6 Å². The summed E-state index contributed by atoms with van der Waals surface area (Å²) in [6.45, 7) is 0.416. The first-order valence-corrected chi connectivity index (χ1v) is 8.37. The lowest BCUT2D eigenvalue weighted by Gasteiger charge is -2.28. The number of benzene rings is 1. The number of ether oxygens (including phenoxy) is 1. The molecule has 0 aromatic heterocycles. The van der Waals surface area contributed by atoms with Crippen LogP contribution in [0.5, 0.6) is 5.75 Å². The van der Waals surface area contributed by atoms with E-state index in [4.69, 9.17) is 16.3 Å². The molecule has 0 saturated carbocycles. The van der Waals surface area contributed by atoms with E-state index in [9.17, 15) is 4.79 Å². The van der Waals surface area contributed by atoms with Crippen molar-refractivity contribution in [2.45, 2.75) is 50.7 Å². The van der Waals surface area contributed by atoms with Crippen molar-refractivity contribution in [2.75, 3.05) is 7.11 Å². The number of hydrogen-bond donors (Lipinski definition) is 2. The molecule has 2 bridgehead atoms. The van der Waals surface area contributed by atoms with Crippen LogP contribution in [0.3, 0.4) is 0 Å². The van der Waals surface area contributed by atoms with E-state index in [1.807, 2.05) is 18.2 Å². The lowest BCUT2D eigenvalue weighted by molar-refractivity contribution is -0.122. The molecule has 3 rings (SSSR count). The molecule has 2 aliphatic rings. The number of piperidine rings is 1. The molecule has 2 aliphatic heterocycles. The molecule has 0 radical (unpaired) electrons. The van der Waals surface area contributed by atoms with Crippen LogP contribution in [0.2, 0.25) is 5.02 Å². The molecule has 1 amide bonds. The summed E-state index contributed by atoms with van der Waals surface area (Å²) in [6.07, 6.45) is 5.39. The quantitative estimate of drug-likeness (QED) is 0.876. The fourth-order valence-electron chi connectivity index (χ4n) is 3.76. The summed E-state index contributed by atoms with van der Waals surface area (Å²) in [5.41, 5.74) is 0.838. The predicted octanol–water partition coefficient (Wildman–Crippen LogP) is 2.89. The van der Waals surface area contributed by atoms with Gasteiger partial charge in [-0.05, 0) is 43.7 Å². The van der Waals surface area contributed by atoms with Crippen molar-refractivity contribution in [1.29, 1.82) is 0 Å². The molecule has 120 valence electrons. The molecule has 1 aromatic rings. The Morgan fingerprint density at radius 3 is 2.77 bits per heavy atom. The molecular weight excluding hydrogens is 300 g/mol. The van der Waals surface area contributed by atoms with Gasteiger partial charge < -0.3 is 15.4 Å². The van der Waals surface area contributed by atoms with E-state index in [0.29, 0.717) is 41.7 Å². The summed E-state index contributed by atoms with van der Waals surface area (Å²) in [5, 5.41) is 7.22. The normalized spacial score (nSPS) is 26.7. The van der Waals surface area contributed by atoms with Crippen molar-refractivity contribution in [3.63, 3.8) is 0 Å². The lowest BCUT2D eigenvalue weighted by Crippen LogP contribution is -2.39. The van der Waals surface area contributed by atoms with Crippen LogP contribution in [0, 0.1) is 5.92 Å². The number of amides is 1. The molecule has 2 atom stereocenters. The first-order chi connectivity index (χ1) is 10.7. The first-order valence-electron chi connectivity index (χ1n) is 8.00. The van der Waals surface area contributed by atoms with E-state index in [1.54, 1.807) is 7.11 Å². The molecule has 2 unspecified atom stereocenters. The third kappa shape index (κ3) is 3.55. The zero-order valence-electron chi connectivity index (χ0n) is 12.9. The summed E-state index contributed by atoms with van der Waals surface area (Å²) in [5.74, 6) is 1.33. The van der Waals surface area contributed by atoms with E-state index in [0.717, 1.165) is 18.4 Å². The molecule has 2 fully saturated rings. The largest absolute Gasteiger partial charge is 0.496 e. The van der Waals surface area contributed by atoms with Gasteiger partial charge in [0.1, 0.15) is 5.75 Å². The maximum absolute atomic E-state index is 12.2. The fraction of sp³-hybridized carbons (Fsp3) is 0.588. The second-order valence-corrected chi connectivity index (χ2v) is 6.78. The van der Waals surface area contributed by atoms with Gasteiger partial charge in [0.25, 0.3) is 0 Å². The third-order valence-corrected chi connectivity index (χ3v) is 5.16. The van der Waals surface area contributed by atoms with E-state index < -0.39 is 0 Å². The first kappa shape index (κ1) is 15.6. The van der Waals surface area contributed by atoms with Gasteiger partial charge >= 0.3 is 0 Å². The van der Waals surface area contributed by atoms with Crippen LogP contribution in [0.1, 0.15) is 37.7 Å². The number of carbonyl (C=O) groups excluding carboxylic acids is 1. The molecule has 0 aliphatic carbocycles. The van der Waals surface area contributed by atoms with Gasteiger partial charge in [-0.15, -0.1) is 0 Å². The van der Waals surface area contributed by atoms with Gasteiger partial charge in [-0.25, -0.2) is 0 Å². The smallest absolute Gasteiger partial charge is 0.220 e. The van der Waals surface area contributed by atoms with Crippen LogP contribution in [-0.2, 0) is 11.3 Å². The molecule has 0 spiro atoms. The van der Waals surface area contributed by atoms with E-state index in [2.05, 4.69) is 10.6 Å². The zero-order valence-corrected chi connectivity index (χ0v) is 13.7. The Morgan fingerprint density at radius 1 is 1.36 bits per heavy atom. The number of halogens is 1. The molecule has 4 nitrogen and oxygen atoms in total. The van der Waals surface area contributed by atoms with E-state index in [-0.39, 0.29) is 5.91 Å². The van der Waals surface area contributed by atoms with Crippen LogP contribution in [0.4, 0.5) is 0 Å². The highest BCUT2D eigenvalue weighted by molar-refractivity contribution is 6.31. The maximum atomic E-state index is 12.2. The molecule has 22 heavy (non-hydrogen) atoms. The highest BCUT2D eigenvalue weighted by Gasteiger charge is 2.34. The van der Waals surface area contributed by atoms with Crippen LogP contribution < -0.4 is 15.4 Å². The van der Waals surface area contributed by atoms with Crippen LogP contribution in [0.25, 0.3) is 0 Å². The number of hydrogen-bond acceptors (Lipinski definition) is 3. The SMILES string of the molecule is COc1cccc(Cl)c1CNC(=O)CC1CC2CCC(C1)N2. The molecule has 5 heteroatoms. The molecule has 2 N–H and O–H groups in total. The number of nitrogens with one attached hydrogen (secondary N) is 2. The number of carbonyl (C=O) groups is 1. The zero-order chi connectivity index (χ0) is 15.5. The Bertz CT molecular complexity index is 537. The molecular formula is C17H23ClN2O2. The summed E-state index contributed by atoms with van der Waals surface area (Å²) in [6, 6.07) is 6.77. The fourth-order valence-corrected chi connectivity index (χ4v) is 4.00. The third-order valence-electron chi connectivity index (χ3n) is 4.80. The second-order valence-electron chi connectivity index (χ2n) is 6.38. The summed E-state index contributed by atoms with van der Waals surface area (Å²) >= 11 is 6.19. The van der Waals surface area contributed by atoms with Gasteiger partial charge in [-0.3, -0.25) is 4.79 Å². The van der Waals surface area contributed by atoms with Crippen molar-refractivity contribution < 1.29 is 9.53 Å². The van der Waals surface area contributed by atoms with Gasteiger partial charge in [-0.2, -0.15) is 0 Å². The lowest BCUT2D eigenvalue weighted by atomic mass is 9.89. The summed E-state index contributed by atoms with van der Waals surface area (Å²) in [7, 11) is 1.61. The van der Waals surface area contributed by atoms with Crippen molar-refractivity contribution >= 4 is 17.5 Å². The van der Waals surface area contributed by atoms with E-state index >= 15 is 0 Å². The van der Waals surface area contributed by atoms with Crippen molar-refractivity contribution in [3.8, 4) is 5.75 Å².